The molecule has 0 aliphatic carbocycles. The Balaban J connectivity index is 1.55. The third-order valence-corrected chi connectivity index (χ3v) is 6.10. The van der Waals surface area contributed by atoms with E-state index in [2.05, 4.69) is 9.46 Å². The standard InChI is InChI=1S/C25H23NO7S/c1-31-22-12-10-21(11-13-22)26-34(29,30)23-14-5-18(6-15-23)7-16-24(27)33-17-19-3-8-20(9-4-19)25(28)32-2/h3-16,26H,17H2,1-2H3/b16-7+. The summed E-state index contributed by atoms with van der Waals surface area (Å²) in [6.45, 7) is 0.0405. The molecule has 0 aliphatic rings. The molecular weight excluding hydrogens is 458 g/mol. The molecule has 8 nitrogen and oxygen atoms in total. The van der Waals surface area contributed by atoms with Crippen LogP contribution in [-0.2, 0) is 30.9 Å². The average molecular weight is 482 g/mol. The van der Waals surface area contributed by atoms with Crippen LogP contribution in [0.25, 0.3) is 6.08 Å². The van der Waals surface area contributed by atoms with Crippen LogP contribution in [0, 0.1) is 0 Å². The van der Waals surface area contributed by atoms with Crippen molar-refractivity contribution in [2.24, 2.45) is 0 Å². The van der Waals surface area contributed by atoms with Gasteiger partial charge in [-0.05, 0) is 65.7 Å². The number of carbonyl (C=O) groups is 2. The summed E-state index contributed by atoms with van der Waals surface area (Å²) in [5.41, 5.74) is 2.16. The van der Waals surface area contributed by atoms with Crippen molar-refractivity contribution in [3.63, 3.8) is 0 Å². The van der Waals surface area contributed by atoms with Gasteiger partial charge in [-0.25, -0.2) is 18.0 Å². The zero-order chi connectivity index (χ0) is 24.6. The molecule has 3 rings (SSSR count). The summed E-state index contributed by atoms with van der Waals surface area (Å²) in [4.78, 5) is 23.5. The van der Waals surface area contributed by atoms with Crippen LogP contribution in [0.4, 0.5) is 5.69 Å². The average Bonchev–Trinajstić information content (AvgIpc) is 2.86. The maximum atomic E-state index is 12.6. The molecule has 0 heterocycles. The molecule has 0 radical (unpaired) electrons. The van der Waals surface area contributed by atoms with Crippen LogP contribution in [0.15, 0.2) is 83.8 Å². The Morgan fingerprint density at radius 1 is 0.882 bits per heavy atom. The number of hydrogen-bond acceptors (Lipinski definition) is 7. The third-order valence-electron chi connectivity index (χ3n) is 4.70. The first-order chi connectivity index (χ1) is 16.3. The van der Waals surface area contributed by atoms with Gasteiger partial charge < -0.3 is 14.2 Å². The Hall–Kier alpha value is -4.11. The number of sulfonamides is 1. The van der Waals surface area contributed by atoms with Crippen LogP contribution in [0.3, 0.4) is 0 Å². The molecule has 0 saturated carbocycles. The molecule has 0 unspecified atom stereocenters. The molecule has 1 N–H and O–H groups in total. The van der Waals surface area contributed by atoms with Gasteiger partial charge >= 0.3 is 11.9 Å². The van der Waals surface area contributed by atoms with Crippen LogP contribution in [0.5, 0.6) is 5.75 Å². The van der Waals surface area contributed by atoms with Gasteiger partial charge in [-0.3, -0.25) is 4.72 Å². The molecule has 0 saturated heterocycles. The monoisotopic (exact) mass is 481 g/mol. The number of esters is 2. The van der Waals surface area contributed by atoms with Gasteiger partial charge in [0.15, 0.2) is 0 Å². The Bertz CT molecular complexity index is 1260. The topological polar surface area (TPSA) is 108 Å². The molecule has 176 valence electrons. The number of methoxy groups -OCH3 is 2. The summed E-state index contributed by atoms with van der Waals surface area (Å²) in [6.07, 6.45) is 2.78. The van der Waals surface area contributed by atoms with E-state index in [4.69, 9.17) is 9.47 Å². The molecule has 3 aromatic rings. The molecule has 0 spiro atoms. The highest BCUT2D eigenvalue weighted by Crippen LogP contribution is 2.20. The lowest BCUT2D eigenvalue weighted by molar-refractivity contribution is -0.138. The van der Waals surface area contributed by atoms with Crippen LogP contribution in [0.2, 0.25) is 0 Å². The number of rotatable bonds is 9. The van der Waals surface area contributed by atoms with Gasteiger partial charge in [0.2, 0.25) is 0 Å². The number of benzene rings is 3. The number of ether oxygens (including phenoxy) is 3. The molecule has 34 heavy (non-hydrogen) atoms. The number of hydrogen-bond donors (Lipinski definition) is 1. The van der Waals surface area contributed by atoms with E-state index in [0.29, 0.717) is 28.1 Å². The largest absolute Gasteiger partial charge is 0.497 e. The minimum absolute atomic E-state index is 0.0405. The number of nitrogens with one attached hydrogen (secondary N) is 1. The zero-order valence-corrected chi connectivity index (χ0v) is 19.4. The molecule has 0 aromatic heterocycles. The van der Waals surface area contributed by atoms with Crippen LogP contribution in [-0.4, -0.2) is 34.6 Å². The van der Waals surface area contributed by atoms with Crippen LogP contribution in [0.1, 0.15) is 21.5 Å². The Labute approximate surface area is 197 Å². The van der Waals surface area contributed by atoms with Crippen molar-refractivity contribution in [1.29, 1.82) is 0 Å². The van der Waals surface area contributed by atoms with E-state index in [-0.39, 0.29) is 11.5 Å². The Kier molecular flexibility index (Phi) is 8.05. The van der Waals surface area contributed by atoms with Gasteiger partial charge in [-0.15, -0.1) is 0 Å². The second kappa shape index (κ2) is 11.2. The van der Waals surface area contributed by atoms with Gasteiger partial charge in [0.25, 0.3) is 10.0 Å². The quantitative estimate of drug-likeness (QED) is 0.363. The minimum atomic E-state index is -3.77. The van der Waals surface area contributed by atoms with Crippen LogP contribution >= 0.6 is 0 Å². The summed E-state index contributed by atoms with van der Waals surface area (Å²) >= 11 is 0. The van der Waals surface area contributed by atoms with Crippen molar-refractivity contribution in [3.8, 4) is 5.75 Å². The Morgan fingerprint density at radius 2 is 1.53 bits per heavy atom. The first kappa shape index (κ1) is 24.5. The molecular formula is C25H23NO7S. The van der Waals surface area contributed by atoms with E-state index in [1.54, 1.807) is 60.7 Å². The SMILES string of the molecule is COC(=O)c1ccc(COC(=O)/C=C/c2ccc(S(=O)(=O)Nc3ccc(OC)cc3)cc2)cc1. The second-order valence-corrected chi connectivity index (χ2v) is 8.71. The molecule has 3 aromatic carbocycles. The fourth-order valence-electron chi connectivity index (χ4n) is 2.85. The predicted octanol–water partition coefficient (Wildman–Crippen LogP) is 4.04. The summed E-state index contributed by atoms with van der Waals surface area (Å²) in [7, 11) is -0.935. The van der Waals surface area contributed by atoms with E-state index in [1.807, 2.05) is 0 Å². The second-order valence-electron chi connectivity index (χ2n) is 7.03. The van der Waals surface area contributed by atoms with Gasteiger partial charge in [0, 0.05) is 11.8 Å². The van der Waals surface area contributed by atoms with E-state index in [1.165, 1.54) is 38.5 Å². The lowest BCUT2D eigenvalue weighted by Gasteiger charge is -2.09. The van der Waals surface area contributed by atoms with Gasteiger partial charge in [0.05, 0.1) is 24.7 Å². The van der Waals surface area contributed by atoms with Crippen LogP contribution < -0.4 is 9.46 Å². The predicted molar refractivity (Wildman–Crippen MR) is 127 cm³/mol. The summed E-state index contributed by atoms with van der Waals surface area (Å²) < 4.78 is 42.5. The van der Waals surface area contributed by atoms with Gasteiger partial charge in [0.1, 0.15) is 12.4 Å². The first-order valence-corrected chi connectivity index (χ1v) is 11.6. The molecule has 9 heteroatoms. The van der Waals surface area contributed by atoms with E-state index >= 15 is 0 Å². The lowest BCUT2D eigenvalue weighted by Crippen LogP contribution is -2.12. The summed E-state index contributed by atoms with van der Waals surface area (Å²) in [5, 5.41) is 0. The first-order valence-electron chi connectivity index (χ1n) is 10.1. The highest BCUT2D eigenvalue weighted by molar-refractivity contribution is 7.92. The molecule has 0 atom stereocenters. The zero-order valence-electron chi connectivity index (χ0n) is 18.6. The minimum Gasteiger partial charge on any atom is -0.497 e. The van der Waals surface area contributed by atoms with E-state index in [0.717, 1.165) is 0 Å². The molecule has 0 amide bonds. The normalized spacial score (nSPS) is 11.1. The third kappa shape index (κ3) is 6.69. The Morgan fingerprint density at radius 3 is 2.12 bits per heavy atom. The van der Waals surface area contributed by atoms with Crippen molar-refractivity contribution in [2.45, 2.75) is 11.5 Å². The van der Waals surface area contributed by atoms with Crippen molar-refractivity contribution in [1.82, 2.24) is 0 Å². The highest BCUT2D eigenvalue weighted by Gasteiger charge is 2.14. The molecule has 0 fully saturated rings. The van der Waals surface area contributed by atoms with E-state index in [9.17, 15) is 18.0 Å². The fourth-order valence-corrected chi connectivity index (χ4v) is 3.91. The van der Waals surface area contributed by atoms with Crippen molar-refractivity contribution in [2.75, 3.05) is 18.9 Å². The van der Waals surface area contributed by atoms with Gasteiger partial charge in [-0.2, -0.15) is 0 Å². The summed E-state index contributed by atoms with van der Waals surface area (Å²) in [5.74, 6) is -0.384. The molecule has 0 aliphatic heterocycles. The van der Waals surface area contributed by atoms with E-state index < -0.39 is 22.0 Å². The lowest BCUT2D eigenvalue weighted by atomic mass is 10.1. The summed E-state index contributed by atoms with van der Waals surface area (Å²) in [6, 6.07) is 19.1. The highest BCUT2D eigenvalue weighted by atomic mass is 32.2. The van der Waals surface area contributed by atoms with Gasteiger partial charge in [-0.1, -0.05) is 24.3 Å². The van der Waals surface area contributed by atoms with Crippen molar-refractivity contribution < 1.29 is 32.2 Å². The maximum absolute atomic E-state index is 12.6. The number of carbonyl (C=O) groups excluding carboxylic acids is 2. The van der Waals surface area contributed by atoms with Crippen molar-refractivity contribution >= 4 is 33.7 Å². The fraction of sp³-hybridized carbons (Fsp3) is 0.120. The molecule has 0 bridgehead atoms. The maximum Gasteiger partial charge on any atom is 0.337 e. The number of anilines is 1. The smallest absolute Gasteiger partial charge is 0.337 e. The van der Waals surface area contributed by atoms with Crippen molar-refractivity contribution in [3.05, 3.63) is 95.6 Å².